The van der Waals surface area contributed by atoms with Gasteiger partial charge in [-0.05, 0) is 12.1 Å². The highest BCUT2D eigenvalue weighted by molar-refractivity contribution is 6.53. The van der Waals surface area contributed by atoms with E-state index in [0.29, 0.717) is 11.4 Å². The molecule has 0 saturated carbocycles. The van der Waals surface area contributed by atoms with Gasteiger partial charge in [-0.3, -0.25) is 19.8 Å². The molecular formula is C19H15N5O6. The van der Waals surface area contributed by atoms with E-state index in [2.05, 4.69) is 25.2 Å². The Kier molecular flexibility index (Phi) is 4.70. The quantitative estimate of drug-likeness (QED) is 0.409. The minimum absolute atomic E-state index is 0.227. The lowest BCUT2D eigenvalue weighted by Crippen LogP contribution is -2.36. The van der Waals surface area contributed by atoms with Crippen molar-refractivity contribution in [2.24, 2.45) is 11.0 Å². The van der Waals surface area contributed by atoms with Gasteiger partial charge in [0.25, 0.3) is 5.91 Å². The van der Waals surface area contributed by atoms with Crippen molar-refractivity contribution in [3.05, 3.63) is 48.0 Å². The number of anilines is 1. The number of nitrogens with zero attached hydrogens (tertiary/aromatic N) is 4. The number of nitrogens with one attached hydrogen (secondary N) is 1. The second-order valence-electron chi connectivity index (χ2n) is 6.37. The Morgan fingerprint density at radius 2 is 1.80 bits per heavy atom. The molecule has 1 fully saturated rings. The topological polar surface area (TPSA) is 140 Å². The number of carbonyl (C=O) groups is 4. The van der Waals surface area contributed by atoms with E-state index in [0.717, 1.165) is 12.0 Å². The predicted octanol–water partition coefficient (Wildman–Crippen LogP) is -0.0281. The highest BCUT2D eigenvalue weighted by atomic mass is 16.5. The highest BCUT2D eigenvalue weighted by Crippen LogP contribution is 2.32. The van der Waals surface area contributed by atoms with E-state index in [1.807, 2.05) is 0 Å². The summed E-state index contributed by atoms with van der Waals surface area (Å²) in [4.78, 5) is 59.6. The number of aromatic nitrogens is 2. The maximum Gasteiger partial charge on any atom is 0.359 e. The molecule has 4 rings (SSSR count). The average molecular weight is 409 g/mol. The number of hydrazone groups is 1. The summed E-state index contributed by atoms with van der Waals surface area (Å²) in [5.74, 6) is -3.54. The van der Waals surface area contributed by atoms with Crippen LogP contribution in [0.3, 0.4) is 0 Å². The van der Waals surface area contributed by atoms with Crippen LogP contribution in [-0.2, 0) is 14.3 Å². The number of hydrogen-bond acceptors (Lipinski definition) is 10. The third-order valence-corrected chi connectivity index (χ3v) is 4.76. The molecule has 2 amide bonds. The number of ketones is 1. The van der Waals surface area contributed by atoms with Crippen LogP contribution >= 0.6 is 0 Å². The molecule has 0 spiro atoms. The molecule has 2 atom stereocenters. The van der Waals surface area contributed by atoms with E-state index in [-0.39, 0.29) is 17.1 Å². The van der Waals surface area contributed by atoms with Crippen LogP contribution in [0.1, 0.15) is 21.0 Å². The molecule has 30 heavy (non-hydrogen) atoms. The van der Waals surface area contributed by atoms with Gasteiger partial charge >= 0.3 is 5.97 Å². The summed E-state index contributed by atoms with van der Waals surface area (Å²) in [6.07, 6.45) is 2.46. The zero-order chi connectivity index (χ0) is 21.4. The first-order valence-corrected chi connectivity index (χ1v) is 8.77. The van der Waals surface area contributed by atoms with Crippen LogP contribution in [-0.4, -0.2) is 59.5 Å². The summed E-state index contributed by atoms with van der Waals surface area (Å²) < 4.78 is 9.76. The molecule has 3 heterocycles. The van der Waals surface area contributed by atoms with Gasteiger partial charge in [-0.2, -0.15) is 5.10 Å². The normalized spacial score (nSPS) is 19.8. The number of fused-ring (bicyclic) bond motifs is 1. The molecule has 2 aliphatic heterocycles. The van der Waals surface area contributed by atoms with Crippen molar-refractivity contribution in [3.8, 4) is 5.75 Å². The molecule has 11 nitrogen and oxygen atoms in total. The van der Waals surface area contributed by atoms with Gasteiger partial charge in [0.15, 0.2) is 5.69 Å². The lowest BCUT2D eigenvalue weighted by molar-refractivity contribution is -0.122. The number of benzene rings is 1. The van der Waals surface area contributed by atoms with Gasteiger partial charge in [0.05, 0.1) is 19.9 Å². The second-order valence-corrected chi connectivity index (χ2v) is 6.37. The summed E-state index contributed by atoms with van der Waals surface area (Å²) in [5, 5.41) is 3.89. The maximum absolute atomic E-state index is 13.1. The molecule has 11 heteroatoms. The fourth-order valence-corrected chi connectivity index (χ4v) is 3.35. The van der Waals surface area contributed by atoms with Crippen LogP contribution in [0.5, 0.6) is 5.75 Å². The molecule has 0 unspecified atom stereocenters. The summed E-state index contributed by atoms with van der Waals surface area (Å²) >= 11 is 0. The number of amides is 2. The van der Waals surface area contributed by atoms with Gasteiger partial charge < -0.3 is 9.47 Å². The first-order valence-electron chi connectivity index (χ1n) is 8.77. The maximum atomic E-state index is 13.1. The van der Waals surface area contributed by atoms with Gasteiger partial charge in [0, 0.05) is 18.5 Å². The predicted molar refractivity (Wildman–Crippen MR) is 101 cm³/mol. The minimum Gasteiger partial charge on any atom is -0.497 e. The van der Waals surface area contributed by atoms with Crippen LogP contribution in [0.15, 0.2) is 41.8 Å². The first-order chi connectivity index (χ1) is 14.5. The van der Waals surface area contributed by atoms with E-state index in [1.165, 1.54) is 25.6 Å². The number of carbonyl (C=O) groups excluding carboxylic acids is 4. The van der Waals surface area contributed by atoms with Gasteiger partial charge in [-0.1, -0.05) is 6.07 Å². The standard InChI is InChI=1S/C19H15N5O6/c1-29-10-5-3-4-9(8-10)24-17(26)11-12(22-23-13(11)18(24)27)16(25)14-15(19(28)30-2)21-7-6-20-14/h3-8,11,13,23H,1-2H3/t11-,13-/m1/s1. The van der Waals surface area contributed by atoms with E-state index in [1.54, 1.807) is 18.2 Å². The van der Waals surface area contributed by atoms with E-state index >= 15 is 0 Å². The molecule has 0 bridgehead atoms. The molecule has 2 aromatic rings. The fourth-order valence-electron chi connectivity index (χ4n) is 3.35. The summed E-state index contributed by atoms with van der Waals surface area (Å²) in [6.45, 7) is 0. The van der Waals surface area contributed by atoms with Gasteiger partial charge in [-0.25, -0.2) is 19.7 Å². The smallest absolute Gasteiger partial charge is 0.359 e. The van der Waals surface area contributed by atoms with E-state index in [4.69, 9.17) is 4.74 Å². The van der Waals surface area contributed by atoms with Crippen molar-refractivity contribution in [1.29, 1.82) is 0 Å². The van der Waals surface area contributed by atoms with Crippen molar-refractivity contribution in [1.82, 2.24) is 15.4 Å². The molecule has 1 aromatic heterocycles. The van der Waals surface area contributed by atoms with Crippen LogP contribution in [0.2, 0.25) is 0 Å². The first kappa shape index (κ1) is 19.2. The zero-order valence-electron chi connectivity index (χ0n) is 15.9. The Bertz CT molecular complexity index is 1110. The molecule has 152 valence electrons. The van der Waals surface area contributed by atoms with E-state index in [9.17, 15) is 19.2 Å². The summed E-state index contributed by atoms with van der Waals surface area (Å²) in [6, 6.07) is 5.38. The second kappa shape index (κ2) is 7.35. The molecule has 2 aliphatic rings. The van der Waals surface area contributed by atoms with Gasteiger partial charge in [-0.15, -0.1) is 0 Å². The molecule has 0 aliphatic carbocycles. The molecular weight excluding hydrogens is 394 g/mol. The van der Waals surface area contributed by atoms with Crippen LogP contribution < -0.4 is 15.1 Å². The third kappa shape index (κ3) is 2.87. The lowest BCUT2D eigenvalue weighted by atomic mass is 9.94. The molecule has 1 N–H and O–H groups in total. The van der Waals surface area contributed by atoms with Gasteiger partial charge in [0.1, 0.15) is 29.1 Å². The zero-order valence-corrected chi connectivity index (χ0v) is 15.9. The van der Waals surface area contributed by atoms with Crippen LogP contribution in [0.25, 0.3) is 0 Å². The molecule has 0 radical (unpaired) electrons. The van der Waals surface area contributed by atoms with Crippen molar-refractivity contribution in [2.75, 3.05) is 19.1 Å². The Balaban J connectivity index is 1.68. The number of imide groups is 1. The Labute approximate surface area is 169 Å². The van der Waals surface area contributed by atoms with Gasteiger partial charge in [0.2, 0.25) is 11.7 Å². The molecule has 1 saturated heterocycles. The number of hydrogen-bond donors (Lipinski definition) is 1. The summed E-state index contributed by atoms with van der Waals surface area (Å²) in [5.41, 5.74) is 2.01. The third-order valence-electron chi connectivity index (χ3n) is 4.76. The van der Waals surface area contributed by atoms with E-state index < -0.39 is 35.5 Å². The number of esters is 1. The van der Waals surface area contributed by atoms with Crippen molar-refractivity contribution in [3.63, 3.8) is 0 Å². The van der Waals surface area contributed by atoms with Crippen molar-refractivity contribution in [2.45, 2.75) is 6.04 Å². The SMILES string of the molecule is COC(=O)c1nccnc1C(=O)C1=NN[C@H]2C(=O)N(c3cccc(OC)c3)C(=O)[C@H]12. The number of methoxy groups -OCH3 is 2. The molecule has 1 aromatic carbocycles. The Morgan fingerprint density at radius 3 is 2.50 bits per heavy atom. The number of Topliss-reactive ketones (excluding diaryl/α,β-unsaturated/α-hetero) is 1. The average Bonchev–Trinajstić information content (AvgIpc) is 3.32. The van der Waals surface area contributed by atoms with Crippen LogP contribution in [0.4, 0.5) is 5.69 Å². The van der Waals surface area contributed by atoms with Crippen molar-refractivity contribution < 1.29 is 28.7 Å². The monoisotopic (exact) mass is 409 g/mol. The summed E-state index contributed by atoms with van der Waals surface area (Å²) in [7, 11) is 2.60. The largest absolute Gasteiger partial charge is 0.497 e. The lowest BCUT2D eigenvalue weighted by Gasteiger charge is -2.16. The van der Waals surface area contributed by atoms with Crippen LogP contribution in [0, 0.1) is 5.92 Å². The number of ether oxygens (including phenoxy) is 2. The Hall–Kier alpha value is -4.15. The van der Waals surface area contributed by atoms with Crippen molar-refractivity contribution >= 4 is 35.0 Å². The number of rotatable bonds is 5. The highest BCUT2D eigenvalue weighted by Gasteiger charge is 2.55. The fraction of sp³-hybridized carbons (Fsp3) is 0.211. The minimum atomic E-state index is -1.16. The Morgan fingerprint density at radius 1 is 1.07 bits per heavy atom.